The Bertz CT molecular complexity index is 3330. The van der Waals surface area contributed by atoms with Gasteiger partial charge in [0.2, 0.25) is 0 Å². The SMILES string of the molecule is [2H]c1cc(-n2c3c([2H])cc([2H])c([2H])c3c3c([2H])c([2H])c([2H])c([2H])c32)c(-c2nc(-c3ccccc3)nc(-c3ccccc3)n2)c([2H])c1-c1cccc2c1sc1ccccc12. The van der Waals surface area contributed by atoms with Crippen LogP contribution in [0.15, 0.2) is 170 Å². The van der Waals surface area contributed by atoms with Gasteiger partial charge in [0.05, 0.1) is 29.1 Å². The maximum Gasteiger partial charge on any atom is 0.166 e. The second-order valence-corrected chi connectivity index (χ2v) is 12.8. The molecular weight excluding hydrogens is 629 g/mol. The predicted octanol–water partition coefficient (Wildman–Crippen LogP) is 12.0. The molecule has 0 saturated heterocycles. The summed E-state index contributed by atoms with van der Waals surface area (Å²) < 4.78 is 85.5. The zero-order valence-electron chi connectivity index (χ0n) is 35.2. The highest BCUT2D eigenvalue weighted by molar-refractivity contribution is 7.26. The van der Waals surface area contributed by atoms with Gasteiger partial charge in [-0.2, -0.15) is 0 Å². The Balaban J connectivity index is 1.41. The van der Waals surface area contributed by atoms with E-state index in [9.17, 15) is 5.48 Å². The summed E-state index contributed by atoms with van der Waals surface area (Å²) in [5, 5.41) is 1.95. The molecule has 0 spiro atoms. The summed E-state index contributed by atoms with van der Waals surface area (Å²) >= 11 is 1.56. The molecule has 234 valence electrons. The van der Waals surface area contributed by atoms with Gasteiger partial charge in [-0.15, -0.1) is 11.3 Å². The van der Waals surface area contributed by atoms with Crippen LogP contribution in [-0.4, -0.2) is 19.5 Å². The molecule has 3 aromatic heterocycles. The van der Waals surface area contributed by atoms with Gasteiger partial charge in [0.25, 0.3) is 0 Å². The summed E-state index contributed by atoms with van der Waals surface area (Å²) in [5.74, 6) is 0.661. The van der Waals surface area contributed by atoms with Crippen molar-refractivity contribution >= 4 is 53.3 Å². The number of para-hydroxylation sites is 2. The summed E-state index contributed by atoms with van der Waals surface area (Å²) in [5.41, 5.74) is 2.43. The average Bonchev–Trinajstić information content (AvgIpc) is 3.82. The van der Waals surface area contributed by atoms with Crippen LogP contribution in [0.1, 0.15) is 12.3 Å². The van der Waals surface area contributed by atoms with Crippen molar-refractivity contribution in [3.05, 3.63) is 170 Å². The minimum atomic E-state index is -0.541. The molecule has 0 unspecified atom stereocenters. The maximum absolute atomic E-state index is 10.2. The first kappa shape index (κ1) is 20.8. The molecule has 0 atom stereocenters. The Morgan fingerprint density at radius 1 is 0.460 bits per heavy atom. The zero-order chi connectivity index (χ0) is 40.9. The van der Waals surface area contributed by atoms with Crippen LogP contribution in [0.3, 0.4) is 0 Å². The van der Waals surface area contributed by atoms with Crippen LogP contribution < -0.4 is 0 Å². The van der Waals surface area contributed by atoms with Crippen LogP contribution >= 0.6 is 11.3 Å². The largest absolute Gasteiger partial charge is 0.309 e. The highest BCUT2D eigenvalue weighted by Gasteiger charge is 2.21. The molecule has 10 rings (SSSR count). The standard InChI is InChI=1S/C45H28N4S/c1-3-14-29(15-4-1)43-46-44(30-16-5-2-6-17-30)48-45(47-43)37-28-31(32-21-13-22-36-35-20-9-12-25-41(35)50-42(32)36)26-27-40(37)49-38-23-10-7-18-33(38)34-19-8-11-24-39(34)49/h1-28H/i7D,8D,10D,18D,19D,23D,24D,26D,28D. The second-order valence-electron chi connectivity index (χ2n) is 11.7. The molecule has 3 heterocycles. The molecule has 0 aliphatic carbocycles. The van der Waals surface area contributed by atoms with Crippen LogP contribution in [0, 0.1) is 0 Å². The summed E-state index contributed by atoms with van der Waals surface area (Å²) in [6, 6.07) is 32.2. The van der Waals surface area contributed by atoms with E-state index in [1.807, 2.05) is 103 Å². The molecule has 0 N–H and O–H groups in total. The molecule has 0 fully saturated rings. The number of thiophene rings is 1. The van der Waals surface area contributed by atoms with Gasteiger partial charge in [0.1, 0.15) is 0 Å². The van der Waals surface area contributed by atoms with E-state index in [0.29, 0.717) is 28.3 Å². The molecule has 5 heteroatoms. The monoisotopic (exact) mass is 665 g/mol. The molecule has 0 saturated carbocycles. The predicted molar refractivity (Wildman–Crippen MR) is 209 cm³/mol. The van der Waals surface area contributed by atoms with E-state index in [-0.39, 0.29) is 74.7 Å². The van der Waals surface area contributed by atoms with E-state index in [1.165, 1.54) is 16.7 Å². The van der Waals surface area contributed by atoms with Crippen LogP contribution in [0.5, 0.6) is 0 Å². The van der Waals surface area contributed by atoms with E-state index in [2.05, 4.69) is 0 Å². The smallest absolute Gasteiger partial charge is 0.166 e. The molecule has 10 aromatic rings. The lowest BCUT2D eigenvalue weighted by Crippen LogP contribution is -2.04. The van der Waals surface area contributed by atoms with Crippen LogP contribution in [0.2, 0.25) is 0 Å². The van der Waals surface area contributed by atoms with Crippen LogP contribution in [0.4, 0.5) is 0 Å². The first-order valence-corrected chi connectivity index (χ1v) is 16.8. The minimum absolute atomic E-state index is 0.0155. The summed E-state index contributed by atoms with van der Waals surface area (Å²) in [6.45, 7) is 0. The van der Waals surface area contributed by atoms with Crippen molar-refractivity contribution in [3.63, 3.8) is 0 Å². The molecular formula is C45H28N4S. The van der Waals surface area contributed by atoms with Crippen molar-refractivity contribution in [1.82, 2.24) is 19.5 Å². The lowest BCUT2D eigenvalue weighted by molar-refractivity contribution is 1.06. The van der Waals surface area contributed by atoms with E-state index >= 15 is 0 Å². The first-order chi connectivity index (χ1) is 28.5. The van der Waals surface area contributed by atoms with Gasteiger partial charge in [-0.1, -0.05) is 139 Å². The quantitative estimate of drug-likeness (QED) is 0.184. The van der Waals surface area contributed by atoms with E-state index < -0.39 is 24.2 Å². The Morgan fingerprint density at radius 3 is 1.88 bits per heavy atom. The summed E-state index contributed by atoms with van der Waals surface area (Å²) in [6.07, 6.45) is 0. The van der Waals surface area contributed by atoms with Gasteiger partial charge >= 0.3 is 0 Å². The van der Waals surface area contributed by atoms with Gasteiger partial charge in [0.15, 0.2) is 17.5 Å². The summed E-state index contributed by atoms with van der Waals surface area (Å²) in [7, 11) is 0. The molecule has 0 radical (unpaired) electrons. The van der Waals surface area contributed by atoms with Crippen molar-refractivity contribution in [2.75, 3.05) is 0 Å². The molecule has 0 aliphatic heterocycles. The fourth-order valence-electron chi connectivity index (χ4n) is 6.50. The maximum atomic E-state index is 10.2. The lowest BCUT2D eigenvalue weighted by Gasteiger charge is -2.16. The lowest BCUT2D eigenvalue weighted by atomic mass is 9.99. The van der Waals surface area contributed by atoms with Crippen molar-refractivity contribution < 1.29 is 12.3 Å². The van der Waals surface area contributed by atoms with Gasteiger partial charge < -0.3 is 4.57 Å². The summed E-state index contributed by atoms with van der Waals surface area (Å²) in [4.78, 5) is 14.9. The number of fused-ring (bicyclic) bond motifs is 6. The van der Waals surface area contributed by atoms with Crippen molar-refractivity contribution in [3.8, 4) is 51.0 Å². The van der Waals surface area contributed by atoms with Crippen molar-refractivity contribution in [1.29, 1.82) is 0 Å². The highest BCUT2D eigenvalue weighted by Crippen LogP contribution is 2.42. The van der Waals surface area contributed by atoms with Crippen molar-refractivity contribution in [2.45, 2.75) is 0 Å². The number of hydrogen-bond acceptors (Lipinski definition) is 4. The highest BCUT2D eigenvalue weighted by atomic mass is 32.1. The molecule has 0 amide bonds. The topological polar surface area (TPSA) is 43.6 Å². The third kappa shape index (κ3) is 4.63. The third-order valence-corrected chi connectivity index (χ3v) is 10.00. The molecule has 7 aromatic carbocycles. The normalized spacial score (nSPS) is 14.1. The Morgan fingerprint density at radius 2 is 1.10 bits per heavy atom. The minimum Gasteiger partial charge on any atom is -0.309 e. The first-order valence-electron chi connectivity index (χ1n) is 20.5. The number of rotatable bonds is 5. The van der Waals surface area contributed by atoms with Gasteiger partial charge in [-0.3, -0.25) is 0 Å². The zero-order valence-corrected chi connectivity index (χ0v) is 27.0. The van der Waals surface area contributed by atoms with E-state index in [1.54, 1.807) is 11.3 Å². The van der Waals surface area contributed by atoms with E-state index in [0.717, 1.165) is 20.2 Å². The van der Waals surface area contributed by atoms with Crippen LogP contribution in [0.25, 0.3) is 93.0 Å². The molecule has 0 aliphatic rings. The molecule has 4 nitrogen and oxygen atoms in total. The van der Waals surface area contributed by atoms with Gasteiger partial charge in [-0.25, -0.2) is 15.0 Å². The van der Waals surface area contributed by atoms with E-state index in [4.69, 9.17) is 21.8 Å². The van der Waals surface area contributed by atoms with Crippen molar-refractivity contribution in [2.24, 2.45) is 0 Å². The number of hydrogen-bond donors (Lipinski definition) is 0. The van der Waals surface area contributed by atoms with Crippen LogP contribution in [-0.2, 0) is 0 Å². The fraction of sp³-hybridized carbons (Fsp3) is 0. The second kappa shape index (κ2) is 11.6. The van der Waals surface area contributed by atoms with Gasteiger partial charge in [0, 0.05) is 47.6 Å². The number of aromatic nitrogens is 4. The fourth-order valence-corrected chi connectivity index (χ4v) is 7.73. The number of nitrogens with zero attached hydrogens (tertiary/aromatic N) is 4. The third-order valence-electron chi connectivity index (χ3n) is 8.78. The molecule has 50 heavy (non-hydrogen) atoms. The Kier molecular flexibility index (Phi) is 4.84. The number of benzene rings is 7. The van der Waals surface area contributed by atoms with Gasteiger partial charge in [-0.05, 0) is 41.4 Å². The Labute approximate surface area is 305 Å². The molecule has 0 bridgehead atoms. The Hall–Kier alpha value is -6.43. The average molecular weight is 666 g/mol.